The summed E-state index contributed by atoms with van der Waals surface area (Å²) in [5, 5.41) is 0. The standard InChI is InChI=1S/C10H18N2O2/c1-4-6-10(14)12(5-2)9(7-11)8(3)13/h7H,4-6,11H2,1-3H3. The first-order valence-electron chi connectivity index (χ1n) is 4.81. The van der Waals surface area contributed by atoms with Crippen molar-refractivity contribution in [1.82, 2.24) is 4.90 Å². The van der Waals surface area contributed by atoms with Crippen LogP contribution in [0.15, 0.2) is 11.9 Å². The number of nitrogens with two attached hydrogens (primary N) is 1. The third-order valence-corrected chi connectivity index (χ3v) is 1.89. The molecule has 0 aromatic heterocycles. The fourth-order valence-electron chi connectivity index (χ4n) is 1.23. The van der Waals surface area contributed by atoms with Gasteiger partial charge in [0, 0.05) is 26.1 Å². The number of Topliss-reactive ketones (excluding diaryl/α,β-unsaturated/α-hetero) is 1. The minimum Gasteiger partial charge on any atom is -0.403 e. The van der Waals surface area contributed by atoms with E-state index in [1.807, 2.05) is 13.8 Å². The molecule has 0 rings (SSSR count). The topological polar surface area (TPSA) is 63.4 Å². The van der Waals surface area contributed by atoms with Crippen LogP contribution in [-0.2, 0) is 9.59 Å². The smallest absolute Gasteiger partial charge is 0.227 e. The molecule has 2 N–H and O–H groups in total. The van der Waals surface area contributed by atoms with E-state index in [0.29, 0.717) is 13.0 Å². The van der Waals surface area contributed by atoms with Crippen LogP contribution in [0.3, 0.4) is 0 Å². The summed E-state index contributed by atoms with van der Waals surface area (Å²) in [5.41, 5.74) is 5.59. The van der Waals surface area contributed by atoms with Crippen LogP contribution in [0, 0.1) is 0 Å². The van der Waals surface area contributed by atoms with Crippen molar-refractivity contribution in [3.8, 4) is 0 Å². The Hall–Kier alpha value is -1.32. The molecule has 0 spiro atoms. The Morgan fingerprint density at radius 1 is 1.36 bits per heavy atom. The largest absolute Gasteiger partial charge is 0.403 e. The molecule has 0 aliphatic heterocycles. The second kappa shape index (κ2) is 6.18. The van der Waals surface area contributed by atoms with E-state index in [1.165, 1.54) is 18.0 Å². The minimum absolute atomic E-state index is 0.0538. The maximum absolute atomic E-state index is 11.6. The van der Waals surface area contributed by atoms with Gasteiger partial charge in [0.1, 0.15) is 5.70 Å². The van der Waals surface area contributed by atoms with Gasteiger partial charge in [-0.15, -0.1) is 0 Å². The predicted molar refractivity (Wildman–Crippen MR) is 55.2 cm³/mol. The molecule has 0 unspecified atom stereocenters. The summed E-state index contributed by atoms with van der Waals surface area (Å²) in [6.45, 7) is 5.62. The van der Waals surface area contributed by atoms with E-state index in [-0.39, 0.29) is 17.4 Å². The molecule has 4 heteroatoms. The van der Waals surface area contributed by atoms with Gasteiger partial charge in [-0.3, -0.25) is 9.59 Å². The normalized spacial score (nSPS) is 11.2. The first kappa shape index (κ1) is 12.7. The van der Waals surface area contributed by atoms with Crippen LogP contribution < -0.4 is 5.73 Å². The summed E-state index contributed by atoms with van der Waals surface area (Å²) < 4.78 is 0. The van der Waals surface area contributed by atoms with Crippen LogP contribution in [0.4, 0.5) is 0 Å². The van der Waals surface area contributed by atoms with Gasteiger partial charge in [-0.1, -0.05) is 6.92 Å². The Labute approximate surface area is 84.8 Å². The molecule has 0 atom stereocenters. The Morgan fingerprint density at radius 3 is 2.21 bits per heavy atom. The number of carbonyl (C=O) groups excluding carboxylic acids is 2. The van der Waals surface area contributed by atoms with E-state index in [0.717, 1.165) is 6.42 Å². The molecule has 0 fully saturated rings. The molecule has 0 radical (unpaired) electrons. The summed E-state index contributed by atoms with van der Waals surface area (Å²) >= 11 is 0. The maximum Gasteiger partial charge on any atom is 0.227 e. The number of hydrogen-bond donors (Lipinski definition) is 1. The third kappa shape index (κ3) is 3.20. The van der Waals surface area contributed by atoms with E-state index < -0.39 is 0 Å². The molecular formula is C10H18N2O2. The Bertz CT molecular complexity index is 247. The fourth-order valence-corrected chi connectivity index (χ4v) is 1.23. The van der Waals surface area contributed by atoms with Gasteiger partial charge >= 0.3 is 0 Å². The van der Waals surface area contributed by atoms with Gasteiger partial charge < -0.3 is 10.6 Å². The molecule has 1 amide bonds. The van der Waals surface area contributed by atoms with Crippen LogP contribution >= 0.6 is 0 Å². The van der Waals surface area contributed by atoms with Crippen molar-refractivity contribution in [3.05, 3.63) is 11.9 Å². The molecule has 0 saturated heterocycles. The van der Waals surface area contributed by atoms with E-state index in [4.69, 9.17) is 5.73 Å². The quantitative estimate of drug-likeness (QED) is 0.671. The average molecular weight is 198 g/mol. The molecular weight excluding hydrogens is 180 g/mol. The van der Waals surface area contributed by atoms with Crippen LogP contribution in [0.1, 0.15) is 33.6 Å². The SMILES string of the molecule is CCCC(=O)N(CC)C(=CN)C(C)=O. The highest BCUT2D eigenvalue weighted by Crippen LogP contribution is 2.07. The molecule has 0 heterocycles. The van der Waals surface area contributed by atoms with Gasteiger partial charge in [-0.2, -0.15) is 0 Å². The lowest BCUT2D eigenvalue weighted by Crippen LogP contribution is -2.33. The highest BCUT2D eigenvalue weighted by atomic mass is 16.2. The van der Waals surface area contributed by atoms with Gasteiger partial charge in [0.05, 0.1) is 0 Å². The zero-order chi connectivity index (χ0) is 11.1. The third-order valence-electron chi connectivity index (χ3n) is 1.89. The van der Waals surface area contributed by atoms with Crippen molar-refractivity contribution in [1.29, 1.82) is 0 Å². The van der Waals surface area contributed by atoms with Gasteiger partial charge in [0.2, 0.25) is 5.91 Å². The van der Waals surface area contributed by atoms with Gasteiger partial charge in [-0.25, -0.2) is 0 Å². The molecule has 0 aromatic carbocycles. The maximum atomic E-state index is 11.6. The van der Waals surface area contributed by atoms with Crippen LogP contribution in [0.25, 0.3) is 0 Å². The summed E-state index contributed by atoms with van der Waals surface area (Å²) in [6.07, 6.45) is 2.41. The summed E-state index contributed by atoms with van der Waals surface area (Å²) in [6, 6.07) is 0. The van der Waals surface area contributed by atoms with Crippen molar-refractivity contribution in [2.75, 3.05) is 6.54 Å². The second-order valence-electron chi connectivity index (χ2n) is 3.00. The fraction of sp³-hybridized carbons (Fsp3) is 0.600. The van der Waals surface area contributed by atoms with E-state index >= 15 is 0 Å². The average Bonchev–Trinajstić information content (AvgIpc) is 2.13. The van der Waals surface area contributed by atoms with E-state index in [9.17, 15) is 9.59 Å². The number of hydrogen-bond acceptors (Lipinski definition) is 3. The first-order chi connectivity index (χ1) is 6.58. The molecule has 14 heavy (non-hydrogen) atoms. The first-order valence-corrected chi connectivity index (χ1v) is 4.81. The molecule has 0 saturated carbocycles. The van der Waals surface area contributed by atoms with E-state index in [1.54, 1.807) is 0 Å². The number of rotatable bonds is 5. The Balaban J connectivity index is 4.69. The summed E-state index contributed by atoms with van der Waals surface area (Å²) in [5.74, 6) is -0.235. The summed E-state index contributed by atoms with van der Waals surface area (Å²) in [4.78, 5) is 24.1. The molecule has 0 bridgehead atoms. The number of carbonyl (C=O) groups is 2. The summed E-state index contributed by atoms with van der Waals surface area (Å²) in [7, 11) is 0. The van der Waals surface area contributed by atoms with Crippen molar-refractivity contribution >= 4 is 11.7 Å². The lowest BCUT2D eigenvalue weighted by molar-refractivity contribution is -0.131. The highest BCUT2D eigenvalue weighted by Gasteiger charge is 2.17. The van der Waals surface area contributed by atoms with Crippen LogP contribution in [0.5, 0.6) is 0 Å². The zero-order valence-electron chi connectivity index (χ0n) is 9.04. The monoisotopic (exact) mass is 198 g/mol. The number of allylic oxidation sites excluding steroid dienone is 1. The zero-order valence-corrected chi connectivity index (χ0v) is 9.04. The van der Waals surface area contributed by atoms with Crippen LogP contribution in [0.2, 0.25) is 0 Å². The van der Waals surface area contributed by atoms with Gasteiger partial charge in [0.25, 0.3) is 0 Å². The van der Waals surface area contributed by atoms with Crippen molar-refractivity contribution < 1.29 is 9.59 Å². The highest BCUT2D eigenvalue weighted by molar-refractivity contribution is 5.97. The second-order valence-corrected chi connectivity index (χ2v) is 3.00. The predicted octanol–water partition coefficient (Wildman–Crippen LogP) is 1.02. The number of amides is 1. The number of likely N-dealkylation sites (N-methyl/N-ethyl adjacent to an activating group) is 1. The van der Waals surface area contributed by atoms with Crippen LogP contribution in [-0.4, -0.2) is 23.1 Å². The Kier molecular flexibility index (Phi) is 5.60. The molecule has 4 nitrogen and oxygen atoms in total. The van der Waals surface area contributed by atoms with Crippen molar-refractivity contribution in [2.45, 2.75) is 33.6 Å². The lowest BCUT2D eigenvalue weighted by atomic mass is 10.2. The van der Waals surface area contributed by atoms with Gasteiger partial charge in [-0.05, 0) is 13.3 Å². The molecule has 0 aromatic rings. The number of ketones is 1. The molecule has 0 aliphatic carbocycles. The lowest BCUT2D eigenvalue weighted by Gasteiger charge is -2.21. The minimum atomic E-state index is -0.182. The molecule has 80 valence electrons. The van der Waals surface area contributed by atoms with E-state index in [2.05, 4.69) is 0 Å². The van der Waals surface area contributed by atoms with Crippen molar-refractivity contribution in [2.24, 2.45) is 5.73 Å². The van der Waals surface area contributed by atoms with Crippen molar-refractivity contribution in [3.63, 3.8) is 0 Å². The Morgan fingerprint density at radius 2 is 1.93 bits per heavy atom. The van der Waals surface area contributed by atoms with Gasteiger partial charge in [0.15, 0.2) is 5.78 Å². The number of nitrogens with zero attached hydrogens (tertiary/aromatic N) is 1. The molecule has 0 aliphatic rings.